The molecule has 0 saturated heterocycles. The largest absolute Gasteiger partial charge is 0.347 e. The van der Waals surface area contributed by atoms with Crippen LogP contribution in [0, 0.1) is 11.2 Å². The van der Waals surface area contributed by atoms with Gasteiger partial charge in [-0.05, 0) is 29.8 Å². The Morgan fingerprint density at radius 1 is 1.33 bits per heavy atom. The molecule has 0 atom stereocenters. The Labute approximate surface area is 113 Å². The average molecular weight is 281 g/mol. The number of hydrogen-bond donors (Lipinski definition) is 1. The summed E-state index contributed by atoms with van der Waals surface area (Å²) >= 11 is 7.40. The molecule has 1 aromatic carbocycles. The number of nitrogens with one attached hydrogen (secondary N) is 1. The van der Waals surface area contributed by atoms with Crippen LogP contribution < -0.4 is 0 Å². The van der Waals surface area contributed by atoms with Gasteiger partial charge in [-0.15, -0.1) is 11.3 Å². The molecule has 2 nitrogen and oxygen atoms in total. The normalized spacial score (nSPS) is 14.1. The Kier molecular flexibility index (Phi) is 2.84. The second-order valence-electron chi connectivity index (χ2n) is 4.21. The van der Waals surface area contributed by atoms with Crippen molar-refractivity contribution >= 4 is 28.8 Å². The number of halogens is 2. The number of fused-ring (bicyclic) bond motifs is 1. The van der Waals surface area contributed by atoms with Gasteiger partial charge in [0.1, 0.15) is 11.7 Å². The third-order valence-electron chi connectivity index (χ3n) is 2.98. The quantitative estimate of drug-likeness (QED) is 0.888. The van der Waals surface area contributed by atoms with Gasteiger partial charge in [0.05, 0.1) is 10.9 Å². The summed E-state index contributed by atoms with van der Waals surface area (Å²) < 4.78 is 13.9. The monoisotopic (exact) mass is 280 g/mol. The van der Waals surface area contributed by atoms with E-state index in [1.807, 2.05) is 17.0 Å². The van der Waals surface area contributed by atoms with E-state index in [0.717, 1.165) is 14.8 Å². The Bertz CT molecular complexity index is 623. The molecule has 5 heteroatoms. The van der Waals surface area contributed by atoms with Crippen LogP contribution in [-0.4, -0.2) is 10.7 Å². The predicted octanol–water partition coefficient (Wildman–Crippen LogP) is 3.88. The van der Waals surface area contributed by atoms with Crippen molar-refractivity contribution in [3.8, 4) is 0 Å². The zero-order valence-corrected chi connectivity index (χ0v) is 11.0. The SMILES string of the molecule is N=C1c2cc(F)ccc2CN1Cc1ccc(Cl)s1. The lowest BCUT2D eigenvalue weighted by Gasteiger charge is -2.16. The highest BCUT2D eigenvalue weighted by molar-refractivity contribution is 7.16. The van der Waals surface area contributed by atoms with Crippen LogP contribution >= 0.6 is 22.9 Å². The summed E-state index contributed by atoms with van der Waals surface area (Å²) in [6.45, 7) is 1.30. The van der Waals surface area contributed by atoms with Crippen LogP contribution in [-0.2, 0) is 13.1 Å². The standard InChI is InChI=1S/C13H10ClFN2S/c14-12-4-3-10(18-12)7-17-6-8-1-2-9(15)5-11(8)13(17)16/h1-5,16H,6-7H2. The minimum Gasteiger partial charge on any atom is -0.347 e. The smallest absolute Gasteiger partial charge is 0.129 e. The number of hydrogen-bond acceptors (Lipinski definition) is 2. The molecule has 1 aromatic heterocycles. The Balaban J connectivity index is 1.84. The van der Waals surface area contributed by atoms with E-state index in [-0.39, 0.29) is 5.82 Å². The number of benzene rings is 1. The lowest BCUT2D eigenvalue weighted by molar-refractivity contribution is 0.426. The van der Waals surface area contributed by atoms with Crippen molar-refractivity contribution in [2.45, 2.75) is 13.1 Å². The molecule has 1 aliphatic heterocycles. The van der Waals surface area contributed by atoms with Crippen molar-refractivity contribution in [1.29, 1.82) is 5.41 Å². The molecule has 0 radical (unpaired) electrons. The van der Waals surface area contributed by atoms with E-state index in [1.54, 1.807) is 6.07 Å². The Hall–Kier alpha value is -1.39. The van der Waals surface area contributed by atoms with E-state index < -0.39 is 0 Å². The first kappa shape index (κ1) is 11.7. The van der Waals surface area contributed by atoms with Crippen LogP contribution in [0.3, 0.4) is 0 Å². The van der Waals surface area contributed by atoms with Gasteiger partial charge in [-0.2, -0.15) is 0 Å². The lowest BCUT2D eigenvalue weighted by atomic mass is 10.1. The molecule has 2 aromatic rings. The van der Waals surface area contributed by atoms with Crippen molar-refractivity contribution in [3.63, 3.8) is 0 Å². The number of thiophene rings is 1. The maximum atomic E-state index is 13.2. The van der Waals surface area contributed by atoms with Gasteiger partial charge in [-0.1, -0.05) is 17.7 Å². The summed E-state index contributed by atoms with van der Waals surface area (Å²) in [5.41, 5.74) is 1.70. The minimum absolute atomic E-state index is 0.292. The summed E-state index contributed by atoms with van der Waals surface area (Å²) in [7, 11) is 0. The first-order chi connectivity index (χ1) is 8.63. The highest BCUT2D eigenvalue weighted by Crippen LogP contribution is 2.28. The second-order valence-corrected chi connectivity index (χ2v) is 6.01. The average Bonchev–Trinajstić information content (AvgIpc) is 2.86. The van der Waals surface area contributed by atoms with Gasteiger partial charge in [0.25, 0.3) is 0 Å². The molecule has 0 bridgehead atoms. The molecule has 1 N–H and O–H groups in total. The van der Waals surface area contributed by atoms with E-state index in [0.29, 0.717) is 24.5 Å². The molecule has 3 rings (SSSR count). The molecule has 18 heavy (non-hydrogen) atoms. The third kappa shape index (κ3) is 2.02. The van der Waals surface area contributed by atoms with Gasteiger partial charge in [-0.3, -0.25) is 5.41 Å². The molecule has 0 fully saturated rings. The van der Waals surface area contributed by atoms with E-state index in [9.17, 15) is 4.39 Å². The highest BCUT2D eigenvalue weighted by Gasteiger charge is 2.24. The summed E-state index contributed by atoms with van der Waals surface area (Å²) in [4.78, 5) is 3.03. The van der Waals surface area contributed by atoms with Gasteiger partial charge in [0.2, 0.25) is 0 Å². The summed E-state index contributed by atoms with van der Waals surface area (Å²) in [6, 6.07) is 8.44. The fourth-order valence-electron chi connectivity index (χ4n) is 2.12. The first-order valence-electron chi connectivity index (χ1n) is 5.50. The second kappa shape index (κ2) is 4.37. The number of amidine groups is 1. The maximum absolute atomic E-state index is 13.2. The maximum Gasteiger partial charge on any atom is 0.129 e. The first-order valence-corrected chi connectivity index (χ1v) is 6.69. The fraction of sp³-hybridized carbons (Fsp3) is 0.154. The van der Waals surface area contributed by atoms with Gasteiger partial charge < -0.3 is 4.90 Å². The lowest BCUT2D eigenvalue weighted by Crippen LogP contribution is -2.22. The molecule has 0 saturated carbocycles. The molecule has 0 amide bonds. The summed E-state index contributed by atoms with van der Waals surface area (Å²) in [5, 5.41) is 8.07. The van der Waals surface area contributed by atoms with Gasteiger partial charge in [0.15, 0.2) is 0 Å². The van der Waals surface area contributed by atoms with Crippen molar-refractivity contribution in [2.24, 2.45) is 0 Å². The zero-order valence-electron chi connectivity index (χ0n) is 9.41. The highest BCUT2D eigenvalue weighted by atomic mass is 35.5. The van der Waals surface area contributed by atoms with E-state index in [4.69, 9.17) is 17.0 Å². The molecule has 2 heterocycles. The van der Waals surface area contributed by atoms with Crippen LogP contribution in [0.1, 0.15) is 16.0 Å². The molecule has 0 spiro atoms. The Morgan fingerprint density at radius 3 is 2.89 bits per heavy atom. The molecular weight excluding hydrogens is 271 g/mol. The van der Waals surface area contributed by atoms with E-state index >= 15 is 0 Å². The molecule has 92 valence electrons. The van der Waals surface area contributed by atoms with Gasteiger partial charge >= 0.3 is 0 Å². The van der Waals surface area contributed by atoms with Crippen LogP contribution in [0.4, 0.5) is 4.39 Å². The van der Waals surface area contributed by atoms with Crippen LogP contribution in [0.15, 0.2) is 30.3 Å². The van der Waals surface area contributed by atoms with Crippen molar-refractivity contribution in [3.05, 3.63) is 56.5 Å². The van der Waals surface area contributed by atoms with Crippen LogP contribution in [0.5, 0.6) is 0 Å². The molecule has 0 unspecified atom stereocenters. The van der Waals surface area contributed by atoms with Crippen molar-refractivity contribution in [2.75, 3.05) is 0 Å². The van der Waals surface area contributed by atoms with Gasteiger partial charge in [-0.25, -0.2) is 4.39 Å². The van der Waals surface area contributed by atoms with Crippen LogP contribution in [0.2, 0.25) is 4.34 Å². The predicted molar refractivity (Wildman–Crippen MR) is 71.8 cm³/mol. The van der Waals surface area contributed by atoms with Gasteiger partial charge in [0, 0.05) is 17.0 Å². The van der Waals surface area contributed by atoms with Crippen molar-refractivity contribution < 1.29 is 4.39 Å². The summed E-state index contributed by atoms with van der Waals surface area (Å²) in [6.07, 6.45) is 0. The van der Waals surface area contributed by atoms with Crippen molar-refractivity contribution in [1.82, 2.24) is 4.90 Å². The topological polar surface area (TPSA) is 27.1 Å². The number of nitrogens with zero attached hydrogens (tertiary/aromatic N) is 1. The van der Waals surface area contributed by atoms with E-state index in [1.165, 1.54) is 23.5 Å². The molecule has 0 aliphatic carbocycles. The summed E-state index contributed by atoms with van der Waals surface area (Å²) in [5.74, 6) is 0.0912. The van der Waals surface area contributed by atoms with Crippen LogP contribution in [0.25, 0.3) is 0 Å². The third-order valence-corrected chi connectivity index (χ3v) is 4.20. The number of rotatable bonds is 2. The Morgan fingerprint density at radius 2 is 2.17 bits per heavy atom. The molecular formula is C13H10ClFN2S. The minimum atomic E-state index is -0.292. The molecule has 1 aliphatic rings. The van der Waals surface area contributed by atoms with E-state index in [2.05, 4.69) is 0 Å². The zero-order chi connectivity index (χ0) is 12.7. The fourth-order valence-corrected chi connectivity index (χ4v) is 3.23.